The number of ether oxygens (including phenoxy) is 1. The van der Waals surface area contributed by atoms with Gasteiger partial charge < -0.3 is 15.6 Å². The van der Waals surface area contributed by atoms with Gasteiger partial charge in [-0.2, -0.15) is 0 Å². The zero-order valence-corrected chi connectivity index (χ0v) is 9.69. The Balaban J connectivity index is 2.77. The second-order valence-corrected chi connectivity index (χ2v) is 4.51. The largest absolute Gasteiger partial charge is 0.486 e. The molecule has 3 N–H and O–H groups in total. The summed E-state index contributed by atoms with van der Waals surface area (Å²) in [6.07, 6.45) is 0.579. The van der Waals surface area contributed by atoms with Gasteiger partial charge in [0.05, 0.1) is 11.6 Å². The average Bonchev–Trinajstić information content (AvgIpc) is 2.47. The van der Waals surface area contributed by atoms with E-state index in [-0.39, 0.29) is 12.6 Å². The first-order valence-electron chi connectivity index (χ1n) is 3.88. The van der Waals surface area contributed by atoms with E-state index in [1.807, 2.05) is 6.07 Å². The second-order valence-electron chi connectivity index (χ2n) is 2.61. The summed E-state index contributed by atoms with van der Waals surface area (Å²) in [5, 5.41) is 9.54. The number of aliphatic hydroxyl groups is 1. The fourth-order valence-corrected chi connectivity index (χ4v) is 2.67. The maximum atomic E-state index is 8.71. The Bertz CT molecular complexity index is 277. The van der Waals surface area contributed by atoms with E-state index in [0.717, 1.165) is 14.4 Å². The van der Waals surface area contributed by atoms with Gasteiger partial charge in [-0.3, -0.25) is 0 Å². The number of methoxy groups -OCH3 is 1. The molecule has 1 unspecified atom stereocenters. The first kappa shape index (κ1) is 11.0. The standard InChI is InChI=1S/C8H12BrNO2S/c1-12-8-5(9)4-7(13-8)6(10)2-3-11/h4,6,11H,2-3,10H2,1H3. The summed E-state index contributed by atoms with van der Waals surface area (Å²) in [4.78, 5) is 1.03. The molecule has 1 heterocycles. The van der Waals surface area contributed by atoms with Crippen molar-refractivity contribution in [1.82, 2.24) is 0 Å². The minimum Gasteiger partial charge on any atom is -0.486 e. The van der Waals surface area contributed by atoms with Crippen LogP contribution in [-0.2, 0) is 0 Å². The van der Waals surface area contributed by atoms with Crippen molar-refractivity contribution in [3.63, 3.8) is 0 Å². The van der Waals surface area contributed by atoms with E-state index in [4.69, 9.17) is 15.6 Å². The average molecular weight is 266 g/mol. The summed E-state index contributed by atoms with van der Waals surface area (Å²) >= 11 is 4.87. The van der Waals surface area contributed by atoms with Gasteiger partial charge in [-0.15, -0.1) is 11.3 Å². The molecule has 13 heavy (non-hydrogen) atoms. The van der Waals surface area contributed by atoms with Gasteiger partial charge in [0.2, 0.25) is 0 Å². The lowest BCUT2D eigenvalue weighted by molar-refractivity contribution is 0.277. The van der Waals surface area contributed by atoms with Gasteiger partial charge in [-0.25, -0.2) is 0 Å². The summed E-state index contributed by atoms with van der Waals surface area (Å²) in [5.74, 6) is 0. The smallest absolute Gasteiger partial charge is 0.188 e. The molecule has 0 saturated carbocycles. The van der Waals surface area contributed by atoms with Crippen LogP contribution in [0.25, 0.3) is 0 Å². The molecule has 0 aliphatic carbocycles. The maximum absolute atomic E-state index is 8.71. The first-order valence-corrected chi connectivity index (χ1v) is 5.49. The van der Waals surface area contributed by atoms with Crippen molar-refractivity contribution in [2.75, 3.05) is 13.7 Å². The lowest BCUT2D eigenvalue weighted by Crippen LogP contribution is -2.09. The number of rotatable bonds is 4. The first-order chi connectivity index (χ1) is 6.19. The number of nitrogens with two attached hydrogens (primary N) is 1. The van der Waals surface area contributed by atoms with Crippen LogP contribution in [0.4, 0.5) is 0 Å². The van der Waals surface area contributed by atoms with Crippen molar-refractivity contribution >= 4 is 27.3 Å². The number of hydrogen-bond acceptors (Lipinski definition) is 4. The van der Waals surface area contributed by atoms with Crippen molar-refractivity contribution in [2.24, 2.45) is 5.73 Å². The molecule has 0 aliphatic rings. The molecule has 0 saturated heterocycles. The molecule has 0 bridgehead atoms. The lowest BCUT2D eigenvalue weighted by Gasteiger charge is -2.05. The zero-order valence-electron chi connectivity index (χ0n) is 7.29. The predicted molar refractivity (Wildman–Crippen MR) is 57.2 cm³/mol. The van der Waals surface area contributed by atoms with Gasteiger partial charge in [0.1, 0.15) is 0 Å². The molecular weight excluding hydrogens is 254 g/mol. The molecule has 5 heteroatoms. The highest BCUT2D eigenvalue weighted by Gasteiger charge is 2.12. The van der Waals surface area contributed by atoms with Crippen molar-refractivity contribution < 1.29 is 9.84 Å². The molecule has 0 radical (unpaired) electrons. The molecule has 0 fully saturated rings. The fourth-order valence-electron chi connectivity index (χ4n) is 0.972. The Morgan fingerprint density at radius 2 is 2.46 bits per heavy atom. The van der Waals surface area contributed by atoms with Crippen LogP contribution in [0.15, 0.2) is 10.5 Å². The molecule has 1 atom stereocenters. The van der Waals surface area contributed by atoms with E-state index < -0.39 is 0 Å². The van der Waals surface area contributed by atoms with E-state index in [9.17, 15) is 0 Å². The summed E-state index contributed by atoms with van der Waals surface area (Å²) < 4.78 is 6.03. The Labute approximate surface area is 89.6 Å². The van der Waals surface area contributed by atoms with Gasteiger partial charge in [0.15, 0.2) is 5.06 Å². The molecule has 1 aromatic heterocycles. The summed E-state index contributed by atoms with van der Waals surface area (Å²) in [6, 6.07) is 1.83. The van der Waals surface area contributed by atoms with Crippen molar-refractivity contribution in [3.05, 3.63) is 15.4 Å². The molecule has 1 aromatic rings. The van der Waals surface area contributed by atoms with Crippen LogP contribution >= 0.6 is 27.3 Å². The van der Waals surface area contributed by atoms with Gasteiger partial charge in [-0.05, 0) is 28.4 Å². The normalized spacial score (nSPS) is 12.9. The van der Waals surface area contributed by atoms with E-state index in [2.05, 4.69) is 15.9 Å². The third kappa shape index (κ3) is 2.67. The third-order valence-electron chi connectivity index (χ3n) is 1.67. The molecule has 0 aliphatic heterocycles. The van der Waals surface area contributed by atoms with Gasteiger partial charge >= 0.3 is 0 Å². The van der Waals surface area contributed by atoms with Crippen molar-refractivity contribution in [2.45, 2.75) is 12.5 Å². The van der Waals surface area contributed by atoms with Crippen LogP contribution in [0, 0.1) is 0 Å². The summed E-state index contributed by atoms with van der Waals surface area (Å²) in [7, 11) is 1.62. The summed E-state index contributed by atoms with van der Waals surface area (Å²) in [5.41, 5.74) is 5.82. The van der Waals surface area contributed by atoms with Crippen molar-refractivity contribution in [3.8, 4) is 5.06 Å². The highest BCUT2D eigenvalue weighted by molar-refractivity contribution is 9.10. The fraction of sp³-hybridized carbons (Fsp3) is 0.500. The molecule has 0 amide bonds. The van der Waals surface area contributed by atoms with E-state index in [0.29, 0.717) is 6.42 Å². The number of hydrogen-bond donors (Lipinski definition) is 2. The van der Waals surface area contributed by atoms with Crippen LogP contribution in [0.3, 0.4) is 0 Å². The maximum Gasteiger partial charge on any atom is 0.188 e. The van der Waals surface area contributed by atoms with Crippen LogP contribution in [-0.4, -0.2) is 18.8 Å². The molecule has 0 aromatic carbocycles. The number of thiophene rings is 1. The SMILES string of the molecule is COc1sc(C(N)CCO)cc1Br. The zero-order chi connectivity index (χ0) is 9.84. The van der Waals surface area contributed by atoms with Crippen LogP contribution in [0.5, 0.6) is 5.06 Å². The second kappa shape index (κ2) is 4.95. The number of aliphatic hydroxyl groups excluding tert-OH is 1. The topological polar surface area (TPSA) is 55.5 Å². The van der Waals surface area contributed by atoms with Gasteiger partial charge in [-0.1, -0.05) is 0 Å². The highest BCUT2D eigenvalue weighted by atomic mass is 79.9. The minimum atomic E-state index is -0.102. The lowest BCUT2D eigenvalue weighted by atomic mass is 10.2. The Morgan fingerprint density at radius 1 is 1.77 bits per heavy atom. The highest BCUT2D eigenvalue weighted by Crippen LogP contribution is 2.37. The molecule has 3 nitrogen and oxygen atoms in total. The van der Waals surface area contributed by atoms with Gasteiger partial charge in [0.25, 0.3) is 0 Å². The third-order valence-corrected chi connectivity index (χ3v) is 3.75. The quantitative estimate of drug-likeness (QED) is 0.875. The predicted octanol–water partition coefficient (Wildman–Crippen LogP) is 1.90. The van der Waals surface area contributed by atoms with Crippen molar-refractivity contribution in [1.29, 1.82) is 0 Å². The van der Waals surface area contributed by atoms with E-state index in [1.54, 1.807) is 7.11 Å². The molecule has 0 spiro atoms. The van der Waals surface area contributed by atoms with Crippen LogP contribution in [0.1, 0.15) is 17.3 Å². The van der Waals surface area contributed by atoms with E-state index >= 15 is 0 Å². The Kier molecular flexibility index (Phi) is 4.18. The van der Waals surface area contributed by atoms with Crippen LogP contribution in [0.2, 0.25) is 0 Å². The number of halogens is 1. The summed E-state index contributed by atoms with van der Waals surface area (Å²) in [6.45, 7) is 0.110. The molecule has 74 valence electrons. The van der Waals surface area contributed by atoms with Gasteiger partial charge in [0, 0.05) is 17.5 Å². The van der Waals surface area contributed by atoms with E-state index in [1.165, 1.54) is 11.3 Å². The molecule has 1 rings (SSSR count). The minimum absolute atomic E-state index is 0.102. The molecular formula is C8H12BrNO2S. The Morgan fingerprint density at radius 3 is 2.92 bits per heavy atom. The monoisotopic (exact) mass is 265 g/mol. The van der Waals surface area contributed by atoms with Crippen LogP contribution < -0.4 is 10.5 Å². The Hall–Kier alpha value is -0.100.